The Morgan fingerprint density at radius 2 is 2.47 bits per heavy atom. The molecule has 0 aliphatic heterocycles. The van der Waals surface area contributed by atoms with Crippen molar-refractivity contribution in [3.63, 3.8) is 0 Å². The topological polar surface area (TPSA) is 85.4 Å². The second-order valence-corrected chi connectivity index (χ2v) is 2.72. The molecule has 5 nitrogen and oxygen atoms in total. The molecule has 1 aromatic rings. The van der Waals surface area contributed by atoms with E-state index in [4.69, 9.17) is 22.4 Å². The van der Waals surface area contributed by atoms with Crippen molar-refractivity contribution >= 4 is 11.6 Å². The zero-order valence-electron chi connectivity index (χ0n) is 7.48. The highest BCUT2D eigenvalue weighted by molar-refractivity contribution is 6.30. The molecule has 0 radical (unpaired) electrons. The average molecular weight is 218 g/mol. The quantitative estimate of drug-likeness (QED) is 0.238. The zero-order chi connectivity index (χ0) is 11.1. The van der Waals surface area contributed by atoms with Crippen LogP contribution >= 0.6 is 11.6 Å². The Hall–Kier alpha value is -2.20. The average Bonchev–Trinajstić information content (AvgIpc) is 2.26. The number of azide groups is 1. The fourth-order valence-electron chi connectivity index (χ4n) is 0.799. The molecule has 0 atom stereocenters. The summed E-state index contributed by atoms with van der Waals surface area (Å²) in [7, 11) is 0. The standard InChI is InChI=1S/C9H4ClN5/c10-9-8(2-1-3-14-15-12)4-7(5-11)6-13-9/h4,6H,3H2. The van der Waals surface area contributed by atoms with Crippen molar-refractivity contribution in [2.75, 3.05) is 6.54 Å². The van der Waals surface area contributed by atoms with Crippen LogP contribution in [-0.2, 0) is 0 Å². The number of hydrogen-bond acceptors (Lipinski definition) is 3. The van der Waals surface area contributed by atoms with Crippen molar-refractivity contribution in [2.45, 2.75) is 0 Å². The molecule has 0 aliphatic carbocycles. The van der Waals surface area contributed by atoms with Crippen molar-refractivity contribution < 1.29 is 0 Å². The van der Waals surface area contributed by atoms with Gasteiger partial charge in [-0.3, -0.25) is 0 Å². The van der Waals surface area contributed by atoms with Crippen molar-refractivity contribution in [1.29, 1.82) is 5.26 Å². The number of pyridine rings is 1. The Labute approximate surface area is 90.9 Å². The van der Waals surface area contributed by atoms with Crippen LogP contribution in [0.5, 0.6) is 0 Å². The summed E-state index contributed by atoms with van der Waals surface area (Å²) in [6, 6.07) is 3.45. The first kappa shape index (κ1) is 10.9. The molecule has 6 heteroatoms. The van der Waals surface area contributed by atoms with Crippen LogP contribution in [0.3, 0.4) is 0 Å². The monoisotopic (exact) mass is 217 g/mol. The molecule has 0 fully saturated rings. The van der Waals surface area contributed by atoms with Crippen molar-refractivity contribution in [3.8, 4) is 17.9 Å². The van der Waals surface area contributed by atoms with Gasteiger partial charge in [-0.05, 0) is 11.6 Å². The van der Waals surface area contributed by atoms with E-state index in [2.05, 4.69) is 26.9 Å². The molecule has 1 heterocycles. The summed E-state index contributed by atoms with van der Waals surface area (Å²) < 4.78 is 0. The molecule has 0 spiro atoms. The normalized spacial score (nSPS) is 8.00. The summed E-state index contributed by atoms with van der Waals surface area (Å²) in [6.45, 7) is 0.0591. The van der Waals surface area contributed by atoms with Crippen LogP contribution in [0.4, 0.5) is 0 Å². The van der Waals surface area contributed by atoms with Gasteiger partial charge in [-0.15, -0.1) is 0 Å². The first-order valence-corrected chi connectivity index (χ1v) is 4.21. The number of nitriles is 1. The van der Waals surface area contributed by atoms with Crippen LogP contribution in [0.25, 0.3) is 10.4 Å². The Morgan fingerprint density at radius 3 is 3.13 bits per heavy atom. The van der Waals surface area contributed by atoms with Crippen LogP contribution in [0.15, 0.2) is 17.4 Å². The first-order valence-electron chi connectivity index (χ1n) is 3.83. The van der Waals surface area contributed by atoms with E-state index in [1.807, 2.05) is 6.07 Å². The van der Waals surface area contributed by atoms with Gasteiger partial charge in [-0.2, -0.15) is 5.26 Å². The summed E-state index contributed by atoms with van der Waals surface area (Å²) in [5.74, 6) is 5.25. The second-order valence-electron chi connectivity index (χ2n) is 2.36. The molecule has 1 aromatic heterocycles. The molecule has 0 unspecified atom stereocenters. The van der Waals surface area contributed by atoms with E-state index in [1.54, 1.807) is 0 Å². The van der Waals surface area contributed by atoms with Gasteiger partial charge in [0.25, 0.3) is 0 Å². The van der Waals surface area contributed by atoms with Gasteiger partial charge in [0.1, 0.15) is 11.2 Å². The molecular weight excluding hydrogens is 214 g/mol. The van der Waals surface area contributed by atoms with Gasteiger partial charge in [0.15, 0.2) is 0 Å². The van der Waals surface area contributed by atoms with Gasteiger partial charge in [-0.25, -0.2) is 4.98 Å². The molecule has 0 saturated carbocycles. The Bertz CT molecular complexity index is 514. The predicted octanol–water partition coefficient (Wildman–Crippen LogP) is 2.27. The van der Waals surface area contributed by atoms with Gasteiger partial charge in [0.2, 0.25) is 0 Å². The maximum Gasteiger partial charge on any atom is 0.144 e. The number of nitrogens with zero attached hydrogens (tertiary/aromatic N) is 5. The van der Waals surface area contributed by atoms with Crippen LogP contribution in [-0.4, -0.2) is 11.5 Å². The number of aromatic nitrogens is 1. The van der Waals surface area contributed by atoms with E-state index in [9.17, 15) is 0 Å². The second kappa shape index (κ2) is 5.51. The van der Waals surface area contributed by atoms with Gasteiger partial charge in [0.05, 0.1) is 17.7 Å². The maximum absolute atomic E-state index is 8.61. The number of hydrogen-bond donors (Lipinski definition) is 0. The van der Waals surface area contributed by atoms with E-state index in [-0.39, 0.29) is 11.7 Å². The molecular formula is C9H4ClN5. The highest BCUT2D eigenvalue weighted by atomic mass is 35.5. The first-order chi connectivity index (χ1) is 7.27. The van der Waals surface area contributed by atoms with E-state index < -0.39 is 0 Å². The maximum atomic E-state index is 8.61. The molecule has 0 aromatic carbocycles. The zero-order valence-corrected chi connectivity index (χ0v) is 8.23. The molecule has 1 rings (SSSR count). The fourth-order valence-corrected chi connectivity index (χ4v) is 0.949. The van der Waals surface area contributed by atoms with Gasteiger partial charge < -0.3 is 0 Å². The highest BCUT2D eigenvalue weighted by Gasteiger charge is 1.99. The third kappa shape index (κ3) is 3.21. The lowest BCUT2D eigenvalue weighted by molar-refractivity contribution is 1.25. The highest BCUT2D eigenvalue weighted by Crippen LogP contribution is 2.12. The Kier molecular flexibility index (Phi) is 4.00. The van der Waals surface area contributed by atoms with Gasteiger partial charge in [-0.1, -0.05) is 28.6 Å². The van der Waals surface area contributed by atoms with Gasteiger partial charge in [0, 0.05) is 11.1 Å². The summed E-state index contributed by atoms with van der Waals surface area (Å²) in [5.41, 5.74) is 8.84. The van der Waals surface area contributed by atoms with E-state index in [1.165, 1.54) is 12.3 Å². The lowest BCUT2D eigenvalue weighted by atomic mass is 10.2. The fraction of sp³-hybridized carbons (Fsp3) is 0.111. The third-order valence-corrected chi connectivity index (χ3v) is 1.71. The molecule has 0 amide bonds. The number of halogens is 1. The van der Waals surface area contributed by atoms with Crippen LogP contribution in [0.1, 0.15) is 11.1 Å². The molecule has 15 heavy (non-hydrogen) atoms. The molecule has 0 saturated heterocycles. The molecule has 72 valence electrons. The lowest BCUT2D eigenvalue weighted by Crippen LogP contribution is -1.85. The SMILES string of the molecule is N#Cc1cnc(Cl)c(C#CCN=[N+]=[N-])c1. The number of rotatable bonds is 1. The third-order valence-electron chi connectivity index (χ3n) is 1.40. The largest absolute Gasteiger partial charge is 0.242 e. The predicted molar refractivity (Wildman–Crippen MR) is 54.9 cm³/mol. The summed E-state index contributed by atoms with van der Waals surface area (Å²) in [4.78, 5) is 6.33. The van der Waals surface area contributed by atoms with Crippen molar-refractivity contribution in [3.05, 3.63) is 39.0 Å². The smallest absolute Gasteiger partial charge is 0.144 e. The summed E-state index contributed by atoms with van der Waals surface area (Å²) in [6.07, 6.45) is 1.36. The van der Waals surface area contributed by atoms with E-state index in [0.717, 1.165) is 0 Å². The minimum absolute atomic E-state index is 0.0591. The summed E-state index contributed by atoms with van der Waals surface area (Å²) >= 11 is 5.74. The van der Waals surface area contributed by atoms with Crippen LogP contribution < -0.4 is 0 Å². The summed E-state index contributed by atoms with van der Waals surface area (Å²) in [5, 5.41) is 12.1. The van der Waals surface area contributed by atoms with E-state index in [0.29, 0.717) is 11.1 Å². The van der Waals surface area contributed by atoms with Gasteiger partial charge >= 0.3 is 0 Å². The van der Waals surface area contributed by atoms with Crippen molar-refractivity contribution in [2.24, 2.45) is 5.11 Å². The lowest BCUT2D eigenvalue weighted by Gasteiger charge is -1.94. The van der Waals surface area contributed by atoms with Crippen molar-refractivity contribution in [1.82, 2.24) is 4.98 Å². The molecule has 0 bridgehead atoms. The molecule has 0 aliphatic rings. The molecule has 0 N–H and O–H groups in total. The Morgan fingerprint density at radius 1 is 1.67 bits per heavy atom. The minimum Gasteiger partial charge on any atom is -0.242 e. The van der Waals surface area contributed by atoms with Crippen LogP contribution in [0, 0.1) is 23.2 Å². The van der Waals surface area contributed by atoms with Crippen LogP contribution in [0.2, 0.25) is 5.15 Å². The minimum atomic E-state index is 0.0591. The van der Waals surface area contributed by atoms with E-state index >= 15 is 0 Å². The Balaban J connectivity index is 2.97.